The molecule has 2 rings (SSSR count). The van der Waals surface area contributed by atoms with Crippen LogP contribution in [0.25, 0.3) is 0 Å². The Kier molecular flexibility index (Phi) is 3.77. The van der Waals surface area contributed by atoms with Gasteiger partial charge >= 0.3 is 5.91 Å². The van der Waals surface area contributed by atoms with E-state index in [1.807, 2.05) is 11.5 Å². The monoisotopic (exact) mass is 270 g/mol. The first-order valence-electron chi connectivity index (χ1n) is 4.70. The zero-order chi connectivity index (χ0) is 12.3. The number of nitrogens with zero attached hydrogens (tertiary/aromatic N) is 2. The van der Waals surface area contributed by atoms with Crippen molar-refractivity contribution in [2.45, 2.75) is 17.0 Å². The number of thioether (sulfide) groups is 1. The summed E-state index contributed by atoms with van der Waals surface area (Å²) in [7, 11) is 0. The molecule has 0 aliphatic rings. The maximum Gasteiger partial charge on any atom is 0.301 e. The summed E-state index contributed by atoms with van der Waals surface area (Å²) in [6, 6.07) is 1.82. The highest BCUT2D eigenvalue weighted by atomic mass is 32.2. The molecule has 3 N–H and O–H groups in total. The van der Waals surface area contributed by atoms with Gasteiger partial charge in [-0.05, 0) is 13.0 Å². The zero-order valence-corrected chi connectivity index (χ0v) is 10.6. The van der Waals surface area contributed by atoms with Crippen LogP contribution >= 0.6 is 23.1 Å². The van der Waals surface area contributed by atoms with Gasteiger partial charge in [0.25, 0.3) is 0 Å². The van der Waals surface area contributed by atoms with E-state index in [0.717, 1.165) is 9.90 Å². The largest absolute Gasteiger partial charge is 0.455 e. The number of furan rings is 1. The molecule has 0 saturated heterocycles. The summed E-state index contributed by atoms with van der Waals surface area (Å²) in [6.07, 6.45) is 0. The van der Waals surface area contributed by atoms with Gasteiger partial charge in [0.1, 0.15) is 11.3 Å². The lowest BCUT2D eigenvalue weighted by atomic mass is 10.2. The molecule has 0 aliphatic carbocycles. The number of hydrazine groups is 1. The molecule has 0 aromatic carbocycles. The number of hydrogen-bond acceptors (Lipinski definition) is 7. The Labute approximate surface area is 106 Å². The van der Waals surface area contributed by atoms with Gasteiger partial charge in [0.2, 0.25) is 0 Å². The smallest absolute Gasteiger partial charge is 0.301 e. The van der Waals surface area contributed by atoms with Gasteiger partial charge in [-0.1, -0.05) is 23.1 Å². The van der Waals surface area contributed by atoms with E-state index < -0.39 is 5.91 Å². The SMILES string of the molecule is Cc1cc(CSc2nncs2)oc1C(=O)NN. The number of nitrogens with two attached hydrogens (primary N) is 1. The standard InChI is InChI=1S/C9H10N4O2S2/c1-5-2-6(15-7(5)8(14)12-10)3-16-9-13-11-4-17-9/h2,4H,3,10H2,1H3,(H,12,14). The zero-order valence-electron chi connectivity index (χ0n) is 8.97. The van der Waals surface area contributed by atoms with E-state index in [-0.39, 0.29) is 5.76 Å². The van der Waals surface area contributed by atoms with Crippen LogP contribution < -0.4 is 11.3 Å². The lowest BCUT2D eigenvalue weighted by Gasteiger charge is -1.95. The van der Waals surface area contributed by atoms with Gasteiger partial charge in [0, 0.05) is 5.56 Å². The van der Waals surface area contributed by atoms with Crippen LogP contribution in [0.1, 0.15) is 21.9 Å². The molecule has 2 aromatic rings. The lowest BCUT2D eigenvalue weighted by Crippen LogP contribution is -2.30. The number of nitrogens with one attached hydrogen (secondary N) is 1. The summed E-state index contributed by atoms with van der Waals surface area (Å²) in [4.78, 5) is 11.3. The summed E-state index contributed by atoms with van der Waals surface area (Å²) in [5, 5.41) is 7.64. The van der Waals surface area contributed by atoms with Crippen LogP contribution in [0, 0.1) is 6.92 Å². The molecule has 17 heavy (non-hydrogen) atoms. The molecule has 2 aromatic heterocycles. The summed E-state index contributed by atoms with van der Waals surface area (Å²) < 4.78 is 6.27. The Morgan fingerprint density at radius 1 is 1.71 bits per heavy atom. The molecule has 2 heterocycles. The van der Waals surface area contributed by atoms with Gasteiger partial charge < -0.3 is 4.42 Å². The molecule has 0 spiro atoms. The summed E-state index contributed by atoms with van der Waals surface area (Å²) in [5.41, 5.74) is 4.48. The number of amides is 1. The lowest BCUT2D eigenvalue weighted by molar-refractivity contribution is 0.0923. The summed E-state index contributed by atoms with van der Waals surface area (Å²) in [6.45, 7) is 1.80. The molecular formula is C9H10N4O2S2. The number of aryl methyl sites for hydroxylation is 1. The number of aromatic nitrogens is 2. The molecule has 0 bridgehead atoms. The predicted octanol–water partition coefficient (Wildman–Crippen LogP) is 1.34. The molecule has 0 radical (unpaired) electrons. The fourth-order valence-electron chi connectivity index (χ4n) is 1.27. The van der Waals surface area contributed by atoms with Crippen molar-refractivity contribution in [1.82, 2.24) is 15.6 Å². The maximum absolute atomic E-state index is 11.3. The minimum Gasteiger partial charge on any atom is -0.455 e. The molecule has 0 fully saturated rings. The number of carbonyl (C=O) groups excluding carboxylic acids is 1. The second-order valence-corrected chi connectivity index (χ2v) is 5.25. The van der Waals surface area contributed by atoms with E-state index >= 15 is 0 Å². The van der Waals surface area contributed by atoms with Crippen molar-refractivity contribution in [1.29, 1.82) is 0 Å². The van der Waals surface area contributed by atoms with E-state index in [2.05, 4.69) is 10.2 Å². The van der Waals surface area contributed by atoms with Crippen molar-refractivity contribution < 1.29 is 9.21 Å². The third-order valence-corrected chi connectivity index (χ3v) is 3.87. The predicted molar refractivity (Wildman–Crippen MR) is 64.6 cm³/mol. The van der Waals surface area contributed by atoms with Crippen LogP contribution in [0.4, 0.5) is 0 Å². The van der Waals surface area contributed by atoms with E-state index in [9.17, 15) is 4.79 Å². The van der Waals surface area contributed by atoms with E-state index in [0.29, 0.717) is 11.5 Å². The first-order chi connectivity index (χ1) is 8.20. The second kappa shape index (κ2) is 5.30. The van der Waals surface area contributed by atoms with Crippen LogP contribution in [-0.2, 0) is 5.75 Å². The first-order valence-corrected chi connectivity index (χ1v) is 6.56. The van der Waals surface area contributed by atoms with Crippen molar-refractivity contribution in [2.75, 3.05) is 0 Å². The van der Waals surface area contributed by atoms with Gasteiger partial charge in [-0.25, -0.2) is 5.84 Å². The summed E-state index contributed by atoms with van der Waals surface area (Å²) >= 11 is 2.97. The number of nitrogen functional groups attached to an aromatic ring is 1. The van der Waals surface area contributed by atoms with Gasteiger partial charge in [-0.2, -0.15) is 0 Å². The van der Waals surface area contributed by atoms with Gasteiger partial charge in [-0.15, -0.1) is 10.2 Å². The molecule has 0 saturated carbocycles. The third kappa shape index (κ3) is 2.84. The average molecular weight is 270 g/mol. The van der Waals surface area contributed by atoms with Crippen LogP contribution in [0.2, 0.25) is 0 Å². The Bertz CT molecular complexity index is 509. The highest BCUT2D eigenvalue weighted by Gasteiger charge is 2.14. The minimum absolute atomic E-state index is 0.250. The molecule has 8 heteroatoms. The molecule has 0 aliphatic heterocycles. The average Bonchev–Trinajstić information content (AvgIpc) is 2.94. The van der Waals surface area contributed by atoms with Crippen LogP contribution in [0.15, 0.2) is 20.3 Å². The van der Waals surface area contributed by atoms with Gasteiger partial charge in [0.15, 0.2) is 10.1 Å². The topological polar surface area (TPSA) is 94.0 Å². The van der Waals surface area contributed by atoms with Crippen molar-refractivity contribution in [3.63, 3.8) is 0 Å². The van der Waals surface area contributed by atoms with Crippen molar-refractivity contribution in [2.24, 2.45) is 5.84 Å². The molecular weight excluding hydrogens is 260 g/mol. The fourth-order valence-corrected chi connectivity index (χ4v) is 2.64. The minimum atomic E-state index is -0.422. The highest BCUT2D eigenvalue weighted by Crippen LogP contribution is 2.25. The molecule has 90 valence electrons. The number of hydrogen-bond donors (Lipinski definition) is 2. The molecule has 1 amide bonds. The Morgan fingerprint density at radius 2 is 2.53 bits per heavy atom. The van der Waals surface area contributed by atoms with Crippen LogP contribution in [-0.4, -0.2) is 16.1 Å². The van der Waals surface area contributed by atoms with E-state index in [4.69, 9.17) is 10.3 Å². The van der Waals surface area contributed by atoms with Gasteiger partial charge in [0.05, 0.1) is 5.75 Å². The highest BCUT2D eigenvalue weighted by molar-refractivity contribution is 8.00. The van der Waals surface area contributed by atoms with Crippen LogP contribution in [0.5, 0.6) is 0 Å². The van der Waals surface area contributed by atoms with Crippen LogP contribution in [0.3, 0.4) is 0 Å². The maximum atomic E-state index is 11.3. The van der Waals surface area contributed by atoms with Crippen molar-refractivity contribution in [3.8, 4) is 0 Å². The normalized spacial score (nSPS) is 10.5. The van der Waals surface area contributed by atoms with Crippen molar-refractivity contribution in [3.05, 3.63) is 28.7 Å². The third-order valence-electron chi connectivity index (χ3n) is 1.98. The number of rotatable bonds is 4. The molecule has 0 atom stereocenters. The quantitative estimate of drug-likeness (QED) is 0.377. The fraction of sp³-hybridized carbons (Fsp3) is 0.222. The summed E-state index contributed by atoms with van der Waals surface area (Å²) in [5.74, 6) is 6.20. The van der Waals surface area contributed by atoms with Gasteiger partial charge in [-0.3, -0.25) is 10.2 Å². The van der Waals surface area contributed by atoms with E-state index in [1.165, 1.54) is 23.1 Å². The molecule has 6 nitrogen and oxygen atoms in total. The Morgan fingerprint density at radius 3 is 3.18 bits per heavy atom. The van der Waals surface area contributed by atoms with E-state index in [1.54, 1.807) is 12.4 Å². The second-order valence-electron chi connectivity index (χ2n) is 3.19. The first kappa shape index (κ1) is 12.1. The molecule has 0 unspecified atom stereocenters. The Balaban J connectivity index is 2.05. The van der Waals surface area contributed by atoms with Crippen molar-refractivity contribution >= 4 is 29.0 Å². The Hall–Kier alpha value is -1.38. The number of carbonyl (C=O) groups is 1.